The molecule has 1 aromatic rings. The van der Waals surface area contributed by atoms with Gasteiger partial charge in [-0.3, -0.25) is 4.79 Å². The van der Waals surface area contributed by atoms with E-state index in [1.54, 1.807) is 18.2 Å². The molecule has 6 heteroatoms. The van der Waals surface area contributed by atoms with Gasteiger partial charge in [-0.15, -0.1) is 0 Å². The second kappa shape index (κ2) is 10.2. The molecule has 0 radical (unpaired) electrons. The smallest absolute Gasteiger partial charge is 0.255 e. The van der Waals surface area contributed by atoms with Crippen LogP contribution >= 0.6 is 11.6 Å². The Morgan fingerprint density at radius 3 is 2.64 bits per heavy atom. The number of nitrogen functional groups attached to an aromatic ring is 1. The van der Waals surface area contributed by atoms with Crippen molar-refractivity contribution in [3.63, 3.8) is 0 Å². The lowest BCUT2D eigenvalue weighted by Gasteiger charge is -2.35. The zero-order chi connectivity index (χ0) is 19.9. The van der Waals surface area contributed by atoms with Crippen molar-refractivity contribution in [2.45, 2.75) is 51.0 Å². The van der Waals surface area contributed by atoms with E-state index in [9.17, 15) is 4.79 Å². The maximum absolute atomic E-state index is 12.8. The molecule has 1 heterocycles. The van der Waals surface area contributed by atoms with Gasteiger partial charge in [-0.2, -0.15) is 0 Å². The van der Waals surface area contributed by atoms with Crippen LogP contribution in [0.2, 0.25) is 5.02 Å². The number of carbonyl (C=O) groups excluding carboxylic acids is 1. The van der Waals surface area contributed by atoms with Gasteiger partial charge < -0.3 is 20.7 Å². The van der Waals surface area contributed by atoms with Crippen LogP contribution in [0.3, 0.4) is 0 Å². The van der Waals surface area contributed by atoms with Gasteiger partial charge in [0.2, 0.25) is 0 Å². The van der Waals surface area contributed by atoms with E-state index in [2.05, 4.69) is 16.8 Å². The van der Waals surface area contributed by atoms with Crippen molar-refractivity contribution < 1.29 is 9.53 Å². The van der Waals surface area contributed by atoms with Crippen LogP contribution < -0.4 is 15.8 Å². The standard InChI is InChI=1S/C22H32ClN3O2/c1-2-12-28-21-14-20(24)19(23)13-18(21)22(27)25-17-8-10-26(11-9-17)15-16-6-4-3-5-7-16/h2,13-14,16-17H,1,3-12,15,24H2,(H,25,27). The molecule has 0 aromatic heterocycles. The van der Waals surface area contributed by atoms with Crippen LogP contribution in [0, 0.1) is 5.92 Å². The third-order valence-electron chi connectivity index (χ3n) is 5.86. The zero-order valence-electron chi connectivity index (χ0n) is 16.6. The van der Waals surface area contributed by atoms with Crippen molar-refractivity contribution in [2.24, 2.45) is 5.92 Å². The lowest BCUT2D eigenvalue weighted by Crippen LogP contribution is -2.46. The largest absolute Gasteiger partial charge is 0.489 e. The number of nitrogens with one attached hydrogen (secondary N) is 1. The van der Waals surface area contributed by atoms with E-state index in [4.69, 9.17) is 22.1 Å². The Balaban J connectivity index is 1.54. The maximum atomic E-state index is 12.8. The number of nitrogens with zero attached hydrogens (tertiary/aromatic N) is 1. The van der Waals surface area contributed by atoms with Gasteiger partial charge in [0.1, 0.15) is 12.4 Å². The first-order valence-electron chi connectivity index (χ1n) is 10.4. The molecule has 1 saturated carbocycles. The molecule has 1 saturated heterocycles. The summed E-state index contributed by atoms with van der Waals surface area (Å²) in [5.41, 5.74) is 6.68. The Hall–Kier alpha value is -1.72. The maximum Gasteiger partial charge on any atom is 0.255 e. The van der Waals surface area contributed by atoms with E-state index in [0.717, 1.165) is 31.8 Å². The Morgan fingerprint density at radius 1 is 1.25 bits per heavy atom. The number of amides is 1. The summed E-state index contributed by atoms with van der Waals surface area (Å²) in [5, 5.41) is 3.51. The Morgan fingerprint density at radius 2 is 1.96 bits per heavy atom. The fourth-order valence-corrected chi connectivity index (χ4v) is 4.44. The first-order valence-corrected chi connectivity index (χ1v) is 10.8. The van der Waals surface area contributed by atoms with Gasteiger partial charge in [-0.05, 0) is 37.7 Å². The monoisotopic (exact) mass is 405 g/mol. The van der Waals surface area contributed by atoms with E-state index in [0.29, 0.717) is 28.6 Å². The quantitative estimate of drug-likeness (QED) is 0.525. The highest BCUT2D eigenvalue weighted by molar-refractivity contribution is 6.33. The number of anilines is 1. The van der Waals surface area contributed by atoms with E-state index in [1.807, 2.05) is 0 Å². The van der Waals surface area contributed by atoms with Crippen molar-refractivity contribution in [3.05, 3.63) is 35.4 Å². The SMILES string of the molecule is C=CCOc1cc(N)c(Cl)cc1C(=O)NC1CCN(CC2CCCCC2)CC1. The number of nitrogens with two attached hydrogens (primary N) is 1. The highest BCUT2D eigenvalue weighted by Crippen LogP contribution is 2.30. The number of piperidine rings is 1. The van der Waals surface area contributed by atoms with Gasteiger partial charge in [-0.25, -0.2) is 0 Å². The summed E-state index contributed by atoms with van der Waals surface area (Å²) in [6.45, 7) is 7.26. The predicted molar refractivity (Wildman–Crippen MR) is 115 cm³/mol. The Kier molecular flexibility index (Phi) is 7.63. The van der Waals surface area contributed by atoms with Gasteiger partial charge in [0.15, 0.2) is 0 Å². The van der Waals surface area contributed by atoms with Crippen LogP contribution in [0.5, 0.6) is 5.75 Å². The number of halogens is 1. The van der Waals surface area contributed by atoms with Crippen molar-refractivity contribution in [1.29, 1.82) is 0 Å². The van der Waals surface area contributed by atoms with E-state index in [1.165, 1.54) is 38.6 Å². The van der Waals surface area contributed by atoms with Crippen LogP contribution in [0.25, 0.3) is 0 Å². The molecule has 2 fully saturated rings. The van der Waals surface area contributed by atoms with Crippen LogP contribution in [-0.2, 0) is 0 Å². The van der Waals surface area contributed by atoms with Crippen LogP contribution in [0.4, 0.5) is 5.69 Å². The normalized spacial score (nSPS) is 19.3. The molecule has 1 amide bonds. The van der Waals surface area contributed by atoms with Gasteiger partial charge >= 0.3 is 0 Å². The summed E-state index contributed by atoms with van der Waals surface area (Å²) in [6.07, 6.45) is 10.5. The lowest BCUT2D eigenvalue weighted by molar-refractivity contribution is 0.0898. The molecule has 154 valence electrons. The second-order valence-electron chi connectivity index (χ2n) is 8.02. The summed E-state index contributed by atoms with van der Waals surface area (Å²) >= 11 is 6.13. The lowest BCUT2D eigenvalue weighted by atomic mass is 9.88. The topological polar surface area (TPSA) is 67.6 Å². The Bertz CT molecular complexity index is 681. The molecule has 0 bridgehead atoms. The highest BCUT2D eigenvalue weighted by Gasteiger charge is 2.25. The zero-order valence-corrected chi connectivity index (χ0v) is 17.3. The van der Waals surface area contributed by atoms with Crippen molar-refractivity contribution in [2.75, 3.05) is 32.0 Å². The molecule has 3 N–H and O–H groups in total. The molecular weight excluding hydrogens is 374 g/mol. The van der Waals surface area contributed by atoms with Crippen LogP contribution in [0.15, 0.2) is 24.8 Å². The first kappa shape index (κ1) is 21.0. The third-order valence-corrected chi connectivity index (χ3v) is 6.19. The number of rotatable bonds is 7. The van der Waals surface area contributed by atoms with Gasteiger partial charge in [0.25, 0.3) is 5.91 Å². The summed E-state index contributed by atoms with van der Waals surface area (Å²) < 4.78 is 5.61. The average molecular weight is 406 g/mol. The third kappa shape index (κ3) is 5.65. The van der Waals surface area contributed by atoms with Crippen LogP contribution in [-0.4, -0.2) is 43.1 Å². The second-order valence-corrected chi connectivity index (χ2v) is 8.43. The van der Waals surface area contributed by atoms with Gasteiger partial charge in [0, 0.05) is 31.7 Å². The van der Waals surface area contributed by atoms with Crippen molar-refractivity contribution >= 4 is 23.2 Å². The number of likely N-dealkylation sites (tertiary alicyclic amines) is 1. The molecule has 0 unspecified atom stereocenters. The molecule has 2 aliphatic rings. The molecule has 5 nitrogen and oxygen atoms in total. The van der Waals surface area contributed by atoms with E-state index in [-0.39, 0.29) is 11.9 Å². The van der Waals surface area contributed by atoms with Crippen molar-refractivity contribution in [3.8, 4) is 5.75 Å². The summed E-state index contributed by atoms with van der Waals surface area (Å²) in [4.78, 5) is 15.4. The molecule has 1 aliphatic carbocycles. The number of hydrogen-bond acceptors (Lipinski definition) is 4. The van der Waals surface area contributed by atoms with E-state index < -0.39 is 0 Å². The first-order chi connectivity index (χ1) is 13.6. The molecular formula is C22H32ClN3O2. The van der Waals surface area contributed by atoms with Gasteiger partial charge in [-0.1, -0.05) is 43.5 Å². The minimum absolute atomic E-state index is 0.160. The summed E-state index contributed by atoms with van der Waals surface area (Å²) in [6, 6.07) is 3.37. The average Bonchev–Trinajstić information content (AvgIpc) is 2.70. The summed E-state index contributed by atoms with van der Waals surface area (Å²) in [7, 11) is 0. The van der Waals surface area contributed by atoms with E-state index >= 15 is 0 Å². The van der Waals surface area contributed by atoms with Gasteiger partial charge in [0.05, 0.1) is 16.3 Å². The number of ether oxygens (including phenoxy) is 1. The fraction of sp³-hybridized carbons (Fsp3) is 0.591. The number of carbonyl (C=O) groups is 1. The minimum atomic E-state index is -0.160. The highest BCUT2D eigenvalue weighted by atomic mass is 35.5. The predicted octanol–water partition coefficient (Wildman–Crippen LogP) is 4.26. The summed E-state index contributed by atoms with van der Waals surface area (Å²) in [5.74, 6) is 1.14. The molecule has 3 rings (SSSR count). The number of benzene rings is 1. The fourth-order valence-electron chi connectivity index (χ4n) is 4.27. The molecule has 0 atom stereocenters. The molecule has 0 spiro atoms. The van der Waals surface area contributed by atoms with Crippen molar-refractivity contribution in [1.82, 2.24) is 10.2 Å². The number of hydrogen-bond donors (Lipinski definition) is 2. The molecule has 28 heavy (non-hydrogen) atoms. The molecule has 1 aromatic carbocycles. The van der Waals surface area contributed by atoms with Crippen LogP contribution in [0.1, 0.15) is 55.3 Å². The Labute approximate surface area is 173 Å². The minimum Gasteiger partial charge on any atom is -0.489 e. The molecule has 1 aliphatic heterocycles.